The van der Waals surface area contributed by atoms with Crippen molar-refractivity contribution in [2.24, 2.45) is 0 Å². The number of carbonyl (C=O) groups excluding carboxylic acids is 1. The zero-order chi connectivity index (χ0) is 20.2. The number of rotatable bonds is 7. The molecule has 0 unspecified atom stereocenters. The largest absolute Gasteiger partial charge is 0.494 e. The molecule has 2 aromatic rings. The Hall–Kier alpha value is -1.96. The summed E-state index contributed by atoms with van der Waals surface area (Å²) >= 11 is 12.0. The van der Waals surface area contributed by atoms with Crippen LogP contribution in [0.25, 0.3) is 0 Å². The van der Waals surface area contributed by atoms with E-state index in [-0.39, 0.29) is 15.7 Å². The third-order valence-electron chi connectivity index (χ3n) is 3.60. The molecule has 0 spiro atoms. The van der Waals surface area contributed by atoms with Crippen LogP contribution in [0.15, 0.2) is 42.5 Å². The van der Waals surface area contributed by atoms with E-state index in [2.05, 4.69) is 5.32 Å². The SMILES string of the molecule is CCOc1cccc(NC(=O)[C@@H](C)N(c2cc(Cl)cc(Cl)c2)S(C)(=O)=O)c1. The number of carbonyl (C=O) groups is 1. The average Bonchev–Trinajstić information content (AvgIpc) is 2.53. The number of halogens is 2. The lowest BCUT2D eigenvalue weighted by Gasteiger charge is -2.28. The van der Waals surface area contributed by atoms with Gasteiger partial charge in [-0.1, -0.05) is 29.3 Å². The van der Waals surface area contributed by atoms with Crippen LogP contribution in [0.3, 0.4) is 0 Å². The van der Waals surface area contributed by atoms with Gasteiger partial charge < -0.3 is 10.1 Å². The van der Waals surface area contributed by atoms with Crippen LogP contribution in [-0.2, 0) is 14.8 Å². The van der Waals surface area contributed by atoms with Gasteiger partial charge in [-0.3, -0.25) is 9.10 Å². The predicted molar refractivity (Wildman–Crippen MR) is 109 cm³/mol. The molecule has 146 valence electrons. The number of sulfonamides is 1. The molecule has 0 bridgehead atoms. The summed E-state index contributed by atoms with van der Waals surface area (Å²) in [7, 11) is -3.77. The average molecular weight is 431 g/mol. The van der Waals surface area contributed by atoms with E-state index in [1.54, 1.807) is 24.3 Å². The fourth-order valence-electron chi connectivity index (χ4n) is 2.55. The van der Waals surface area contributed by atoms with Crippen molar-refractivity contribution in [3.05, 3.63) is 52.5 Å². The minimum absolute atomic E-state index is 0.209. The molecule has 9 heteroatoms. The molecule has 1 amide bonds. The Labute approximate surface area is 169 Å². The first-order valence-electron chi connectivity index (χ1n) is 8.11. The molecule has 0 saturated carbocycles. The summed E-state index contributed by atoms with van der Waals surface area (Å²) in [5.74, 6) is 0.0923. The van der Waals surface area contributed by atoms with Crippen LogP contribution >= 0.6 is 23.2 Å². The van der Waals surface area contributed by atoms with Crippen LogP contribution in [0, 0.1) is 0 Å². The van der Waals surface area contributed by atoms with Gasteiger partial charge in [-0.15, -0.1) is 0 Å². The molecule has 2 rings (SSSR count). The molecular weight excluding hydrogens is 411 g/mol. The van der Waals surface area contributed by atoms with Crippen molar-refractivity contribution in [1.82, 2.24) is 0 Å². The number of ether oxygens (including phenoxy) is 1. The molecular formula is C18H20Cl2N2O4S. The molecule has 0 aliphatic rings. The molecule has 0 fully saturated rings. The Balaban J connectivity index is 2.31. The summed E-state index contributed by atoms with van der Waals surface area (Å²) in [5.41, 5.74) is 0.705. The van der Waals surface area contributed by atoms with Crippen molar-refractivity contribution in [2.45, 2.75) is 19.9 Å². The fourth-order valence-corrected chi connectivity index (χ4v) is 4.23. The molecule has 2 aromatic carbocycles. The summed E-state index contributed by atoms with van der Waals surface area (Å²) in [6.07, 6.45) is 1.02. The molecule has 0 radical (unpaired) electrons. The second-order valence-electron chi connectivity index (χ2n) is 5.81. The van der Waals surface area contributed by atoms with Crippen molar-refractivity contribution >= 4 is 50.5 Å². The van der Waals surface area contributed by atoms with Gasteiger partial charge in [0.05, 0.1) is 18.6 Å². The monoisotopic (exact) mass is 430 g/mol. The minimum atomic E-state index is -3.77. The lowest BCUT2D eigenvalue weighted by atomic mass is 10.2. The molecule has 1 atom stereocenters. The topological polar surface area (TPSA) is 75.7 Å². The number of amides is 1. The third kappa shape index (κ3) is 5.76. The Morgan fingerprint density at radius 1 is 1.19 bits per heavy atom. The smallest absolute Gasteiger partial charge is 0.247 e. The zero-order valence-electron chi connectivity index (χ0n) is 15.1. The summed E-state index contributed by atoms with van der Waals surface area (Å²) in [4.78, 5) is 12.7. The number of anilines is 2. The van der Waals surface area contributed by atoms with Crippen molar-refractivity contribution < 1.29 is 17.9 Å². The molecule has 0 aliphatic carbocycles. The maximum atomic E-state index is 12.7. The van der Waals surface area contributed by atoms with Crippen LogP contribution < -0.4 is 14.4 Å². The summed E-state index contributed by atoms with van der Waals surface area (Å²) in [5, 5.41) is 3.23. The van der Waals surface area contributed by atoms with Gasteiger partial charge in [0, 0.05) is 21.8 Å². The first-order valence-corrected chi connectivity index (χ1v) is 10.7. The van der Waals surface area contributed by atoms with Gasteiger partial charge in [0.15, 0.2) is 0 Å². The van der Waals surface area contributed by atoms with Crippen molar-refractivity contribution in [1.29, 1.82) is 0 Å². The van der Waals surface area contributed by atoms with Gasteiger partial charge >= 0.3 is 0 Å². The first-order chi connectivity index (χ1) is 12.6. The number of nitrogens with zero attached hydrogens (tertiary/aromatic N) is 1. The highest BCUT2D eigenvalue weighted by atomic mass is 35.5. The van der Waals surface area contributed by atoms with Crippen LogP contribution in [0.5, 0.6) is 5.75 Å². The summed E-state index contributed by atoms with van der Waals surface area (Å²) < 4.78 is 31.0. The normalized spacial score (nSPS) is 12.3. The molecule has 0 heterocycles. The van der Waals surface area contributed by atoms with Gasteiger partial charge in [-0.25, -0.2) is 8.42 Å². The van der Waals surface area contributed by atoms with Crippen molar-refractivity contribution in [3.63, 3.8) is 0 Å². The Bertz CT molecular complexity index is 914. The molecule has 27 heavy (non-hydrogen) atoms. The number of benzene rings is 2. The highest BCUT2D eigenvalue weighted by molar-refractivity contribution is 7.92. The van der Waals surface area contributed by atoms with E-state index in [4.69, 9.17) is 27.9 Å². The molecule has 0 aliphatic heterocycles. The second kappa shape index (κ2) is 8.82. The van der Waals surface area contributed by atoms with Crippen molar-refractivity contribution in [3.8, 4) is 5.75 Å². The van der Waals surface area contributed by atoms with E-state index in [1.165, 1.54) is 25.1 Å². The van der Waals surface area contributed by atoms with E-state index >= 15 is 0 Å². The molecule has 0 saturated heterocycles. The minimum Gasteiger partial charge on any atom is -0.494 e. The number of nitrogens with one attached hydrogen (secondary N) is 1. The maximum Gasteiger partial charge on any atom is 0.247 e. The quantitative estimate of drug-likeness (QED) is 0.714. The maximum absolute atomic E-state index is 12.7. The first kappa shape index (κ1) is 21.3. The van der Waals surface area contributed by atoms with Gasteiger partial charge in [0.2, 0.25) is 15.9 Å². The van der Waals surface area contributed by atoms with E-state index < -0.39 is 22.0 Å². The highest BCUT2D eigenvalue weighted by Gasteiger charge is 2.29. The summed E-state index contributed by atoms with van der Waals surface area (Å²) in [6, 6.07) is 10.2. The van der Waals surface area contributed by atoms with Crippen LogP contribution in [0.2, 0.25) is 10.0 Å². The lowest BCUT2D eigenvalue weighted by molar-refractivity contribution is -0.116. The Kier molecular flexibility index (Phi) is 6.97. The van der Waals surface area contributed by atoms with E-state index in [0.717, 1.165) is 10.6 Å². The van der Waals surface area contributed by atoms with Gasteiger partial charge in [0.1, 0.15) is 11.8 Å². The van der Waals surface area contributed by atoms with Gasteiger partial charge in [0.25, 0.3) is 0 Å². The van der Waals surface area contributed by atoms with E-state index in [1.807, 2.05) is 6.92 Å². The molecule has 1 N–H and O–H groups in total. The van der Waals surface area contributed by atoms with Crippen molar-refractivity contribution in [2.75, 3.05) is 22.5 Å². The zero-order valence-corrected chi connectivity index (χ0v) is 17.4. The Morgan fingerprint density at radius 3 is 2.37 bits per heavy atom. The van der Waals surface area contributed by atoms with Gasteiger partial charge in [-0.05, 0) is 44.2 Å². The lowest BCUT2D eigenvalue weighted by Crippen LogP contribution is -2.45. The van der Waals surface area contributed by atoms with Crippen LogP contribution in [-0.4, -0.2) is 33.2 Å². The van der Waals surface area contributed by atoms with Gasteiger partial charge in [-0.2, -0.15) is 0 Å². The van der Waals surface area contributed by atoms with Crippen LogP contribution in [0.4, 0.5) is 11.4 Å². The fraction of sp³-hybridized carbons (Fsp3) is 0.278. The number of hydrogen-bond acceptors (Lipinski definition) is 4. The standard InChI is InChI=1S/C18H20Cl2N2O4S/c1-4-26-17-7-5-6-15(11-17)21-18(23)12(2)22(27(3,24)25)16-9-13(19)8-14(20)10-16/h5-12H,4H2,1-3H3,(H,21,23)/t12-/m1/s1. The summed E-state index contributed by atoms with van der Waals surface area (Å²) in [6.45, 7) is 3.83. The molecule has 0 aromatic heterocycles. The second-order valence-corrected chi connectivity index (χ2v) is 8.54. The van der Waals surface area contributed by atoms with E-state index in [0.29, 0.717) is 18.0 Å². The van der Waals surface area contributed by atoms with Crippen LogP contribution in [0.1, 0.15) is 13.8 Å². The highest BCUT2D eigenvalue weighted by Crippen LogP contribution is 2.29. The Morgan fingerprint density at radius 2 is 1.81 bits per heavy atom. The molecule has 6 nitrogen and oxygen atoms in total. The third-order valence-corrected chi connectivity index (χ3v) is 5.28. The predicted octanol–water partition coefficient (Wildman–Crippen LogP) is 4.19. The number of hydrogen-bond donors (Lipinski definition) is 1. The van der Waals surface area contributed by atoms with E-state index in [9.17, 15) is 13.2 Å².